The van der Waals surface area contributed by atoms with E-state index in [9.17, 15) is 35.9 Å². The lowest BCUT2D eigenvalue weighted by Crippen LogP contribution is -2.68. The molecular formula is C79H124F6N12O15. The van der Waals surface area contributed by atoms with Gasteiger partial charge < -0.3 is 73.8 Å². The Labute approximate surface area is 655 Å². The summed E-state index contributed by atoms with van der Waals surface area (Å²) in [7, 11) is 12.4. The molecule has 3 saturated heterocycles. The molecule has 632 valence electrons. The number of carbonyl (C=O) groups excluding carboxylic acids is 12. The fourth-order valence-corrected chi connectivity index (χ4v) is 18.5. The highest BCUT2D eigenvalue weighted by atomic mass is 19.4. The number of hydrogen-bond acceptors (Lipinski definition) is 15. The molecule has 8 rings (SSSR count). The zero-order valence-electron chi connectivity index (χ0n) is 68.0. The molecule has 27 nitrogen and oxygen atoms in total. The van der Waals surface area contributed by atoms with Crippen molar-refractivity contribution in [3.8, 4) is 0 Å². The van der Waals surface area contributed by atoms with Crippen molar-refractivity contribution in [3.05, 3.63) is 12.2 Å². The Morgan fingerprint density at radius 3 is 1.91 bits per heavy atom. The van der Waals surface area contributed by atoms with E-state index < -0.39 is 204 Å². The molecule has 7 fully saturated rings. The third-order valence-electron chi connectivity index (χ3n) is 25.8. The summed E-state index contributed by atoms with van der Waals surface area (Å²) in [5, 5.41) is 5.72. The summed E-state index contributed by atoms with van der Waals surface area (Å²) in [6.07, 6.45) is -4.63. The van der Waals surface area contributed by atoms with Gasteiger partial charge in [-0.05, 0) is 159 Å². The number of nitrogens with one attached hydrogen (secondary N) is 2. The van der Waals surface area contributed by atoms with Gasteiger partial charge in [-0.2, -0.15) is 26.3 Å². The minimum Gasteiger partial charge on any atom is -0.381 e. The van der Waals surface area contributed by atoms with E-state index in [1.165, 1.54) is 97.8 Å². The van der Waals surface area contributed by atoms with Crippen molar-refractivity contribution in [2.75, 3.05) is 109 Å². The number of fused-ring (bicyclic) bond motifs is 4. The van der Waals surface area contributed by atoms with Crippen LogP contribution in [0.4, 0.5) is 26.3 Å². The van der Waals surface area contributed by atoms with Crippen molar-refractivity contribution in [3.63, 3.8) is 0 Å². The molecule has 12 amide bonds. The van der Waals surface area contributed by atoms with Gasteiger partial charge in [-0.3, -0.25) is 57.5 Å². The van der Waals surface area contributed by atoms with Gasteiger partial charge in [-0.25, -0.2) is 0 Å². The highest BCUT2D eigenvalue weighted by Gasteiger charge is 2.57. The van der Waals surface area contributed by atoms with Crippen LogP contribution in [0.25, 0.3) is 0 Å². The number of ether oxygens (including phenoxy) is 3. The molecule has 1 spiro atoms. The number of amides is 12. The fraction of sp³-hybridized carbons (Fsp3) is 0.823. The Kier molecular flexibility index (Phi) is 31.8. The van der Waals surface area contributed by atoms with Gasteiger partial charge in [-0.15, -0.1) is 0 Å². The van der Waals surface area contributed by atoms with Gasteiger partial charge in [-0.1, -0.05) is 52.2 Å². The van der Waals surface area contributed by atoms with Crippen LogP contribution >= 0.6 is 0 Å². The summed E-state index contributed by atoms with van der Waals surface area (Å²) in [4.78, 5) is 197. The van der Waals surface area contributed by atoms with Crippen LogP contribution in [0.5, 0.6) is 0 Å². The van der Waals surface area contributed by atoms with Crippen molar-refractivity contribution in [1.82, 2.24) is 59.6 Å². The van der Waals surface area contributed by atoms with Crippen LogP contribution in [0.15, 0.2) is 12.2 Å². The molecule has 0 aromatic heterocycles. The van der Waals surface area contributed by atoms with Crippen molar-refractivity contribution in [2.24, 2.45) is 35.5 Å². The Morgan fingerprint density at radius 2 is 1.31 bits per heavy atom. The zero-order chi connectivity index (χ0) is 82.6. The van der Waals surface area contributed by atoms with Gasteiger partial charge >= 0.3 is 12.4 Å². The van der Waals surface area contributed by atoms with Crippen LogP contribution < -0.4 is 10.6 Å². The Hall–Kier alpha value is -7.16. The molecule has 0 aromatic carbocycles. The predicted octanol–water partition coefficient (Wildman–Crippen LogP) is 6.34. The van der Waals surface area contributed by atoms with Crippen molar-refractivity contribution < 1.29 is 98.1 Å². The summed E-state index contributed by atoms with van der Waals surface area (Å²) in [6.45, 7) is 6.04. The molecule has 33 heteroatoms. The average molecular weight is 1600 g/mol. The lowest BCUT2D eigenvalue weighted by Gasteiger charge is -2.51. The first kappa shape index (κ1) is 90.4. The molecule has 14 atom stereocenters. The number of carbonyl (C=O) groups is 12. The largest absolute Gasteiger partial charge is 0.394 e. The van der Waals surface area contributed by atoms with Crippen LogP contribution in [0.3, 0.4) is 0 Å². The first-order chi connectivity index (χ1) is 52.9. The molecule has 2 N–H and O–H groups in total. The maximum Gasteiger partial charge on any atom is 0.394 e. The third kappa shape index (κ3) is 20.9. The van der Waals surface area contributed by atoms with Gasteiger partial charge in [0.15, 0.2) is 0 Å². The highest BCUT2D eigenvalue weighted by Crippen LogP contribution is 2.46. The van der Waals surface area contributed by atoms with E-state index in [1.54, 1.807) is 26.0 Å². The van der Waals surface area contributed by atoms with Crippen LogP contribution in [0, 0.1) is 35.5 Å². The highest BCUT2D eigenvalue weighted by molar-refractivity contribution is 6.01. The number of nitrogens with zero attached hydrogens (tertiary/aromatic N) is 10. The number of rotatable bonds is 16. The van der Waals surface area contributed by atoms with Gasteiger partial charge in [0.2, 0.25) is 70.9 Å². The average Bonchev–Trinajstić information content (AvgIpc) is 0.756. The Balaban J connectivity index is 1.23. The monoisotopic (exact) mass is 1590 g/mol. The number of likely N-dealkylation sites (N-methyl/N-ethyl adjacent to an activating group) is 7. The van der Waals surface area contributed by atoms with E-state index in [-0.39, 0.29) is 142 Å². The quantitative estimate of drug-likeness (QED) is 0.0969. The summed E-state index contributed by atoms with van der Waals surface area (Å²) >= 11 is 0. The molecule has 4 aliphatic carbocycles. The SMILES string of the molecule is CCCOC[C@H]1C(=O)N[C@@H]([C@@H](C)CC)C(=O)N2CCC[C@H]2C(=O)N(C)[C@H]2C/C=C\CCN(C2=O)[C@@H](CC2CCC(C(F)(F)F)CC2)C(=O)N(C)CC(=O)N[C@@H](CCC2CCC(C(F)(F)F)C(OC)C2)C(=O)N2C[C@H](OCC)C[C@H]2C(=O)N(C)C2(CCC2)C(=O)N(C)[C@@H](C2CCCC2)C(=O)N(C)[C@H](C(=O)N(C)C)CC(=O)N1C. The van der Waals surface area contributed by atoms with Crippen LogP contribution in [-0.4, -0.2) is 314 Å². The van der Waals surface area contributed by atoms with E-state index in [2.05, 4.69) is 10.6 Å². The minimum atomic E-state index is -4.57. The first-order valence-electron chi connectivity index (χ1n) is 40.7. The van der Waals surface area contributed by atoms with Crippen LogP contribution in [-0.2, 0) is 71.7 Å². The molecule has 2 bridgehead atoms. The molecular weight excluding hydrogens is 1470 g/mol. The van der Waals surface area contributed by atoms with Crippen molar-refractivity contribution >= 4 is 70.9 Å². The van der Waals surface area contributed by atoms with E-state index >= 15 is 47.9 Å². The van der Waals surface area contributed by atoms with Crippen molar-refractivity contribution in [1.29, 1.82) is 0 Å². The van der Waals surface area contributed by atoms with Crippen molar-refractivity contribution in [2.45, 2.75) is 273 Å². The lowest BCUT2D eigenvalue weighted by molar-refractivity contribution is -0.215. The smallest absolute Gasteiger partial charge is 0.381 e. The van der Waals surface area contributed by atoms with E-state index in [0.29, 0.717) is 51.4 Å². The van der Waals surface area contributed by atoms with Gasteiger partial charge in [0, 0.05) is 103 Å². The normalized spacial score (nSPS) is 31.8. The zero-order valence-corrected chi connectivity index (χ0v) is 68.0. The second-order valence-corrected chi connectivity index (χ2v) is 33.1. The summed E-state index contributed by atoms with van der Waals surface area (Å²) in [5.41, 5.74) is -1.60. The van der Waals surface area contributed by atoms with Gasteiger partial charge in [0.1, 0.15) is 59.9 Å². The fourth-order valence-electron chi connectivity index (χ4n) is 18.5. The molecule has 112 heavy (non-hydrogen) atoms. The number of halogens is 6. The molecule has 8 aliphatic rings. The second kappa shape index (κ2) is 39.5. The van der Waals surface area contributed by atoms with Crippen LogP contribution in [0.1, 0.15) is 188 Å². The molecule has 0 radical (unpaired) electrons. The van der Waals surface area contributed by atoms with Crippen LogP contribution in [0.2, 0.25) is 0 Å². The maximum absolute atomic E-state index is 15.8. The topological polar surface area (TPSA) is 289 Å². The van der Waals surface area contributed by atoms with E-state index in [0.717, 1.165) is 14.7 Å². The summed E-state index contributed by atoms with van der Waals surface area (Å²) in [5.74, 6) is -14.1. The molecule has 4 aliphatic heterocycles. The van der Waals surface area contributed by atoms with Gasteiger partial charge in [0.05, 0.1) is 43.6 Å². The molecule has 0 aromatic rings. The molecule has 4 heterocycles. The minimum absolute atomic E-state index is 0.0358. The number of methoxy groups -OCH3 is 1. The summed E-state index contributed by atoms with van der Waals surface area (Å²) < 4.78 is 103. The Morgan fingerprint density at radius 1 is 0.643 bits per heavy atom. The standard InChI is InChI=1S/C79H124F6N12O15/c1-14-40-111-47-61-67(100)87-65(48(4)15-2)74(107)95-39-22-27-57(95)71(104)91(9)56-26-18-17-21-38-96(73(56)106)59(41-49-28-32-52(33-29-49)78(80,81)82)70(103)89(7)46-63(98)86-55(35-31-50-30-34-54(79(83,84)85)62(42-50)110-13)68(101)97-45-53(112-16-3)43-60(97)72(105)94(12)77(36-23-37-77)76(109)93(11)66(51-24-19-20-25-51)75(108)92(10)58(69(102)88(5)6)44-64(99)90(61)8/h17-18,48-62,65-66H,14-16,19-47H2,1-13H3,(H,86,98)(H,87,100)/b18-17-/t48-,49?,50?,52?,53+,54?,55-,56-,57-,58-,59-,60-,61-,62?,65-,66-/m0/s1. The molecule has 4 saturated carbocycles. The molecule has 3 unspecified atom stereocenters. The number of hydrogen-bond donors (Lipinski definition) is 2. The number of alkyl halides is 6. The third-order valence-corrected chi connectivity index (χ3v) is 25.8. The first-order valence-corrected chi connectivity index (χ1v) is 40.7. The lowest BCUT2D eigenvalue weighted by atomic mass is 9.73. The summed E-state index contributed by atoms with van der Waals surface area (Å²) in [6, 6.07) is -12.3. The van der Waals surface area contributed by atoms with Gasteiger partial charge in [0.25, 0.3) is 0 Å². The Bertz CT molecular complexity index is 3350. The predicted molar refractivity (Wildman–Crippen MR) is 400 cm³/mol. The second-order valence-electron chi connectivity index (χ2n) is 33.1. The van der Waals surface area contributed by atoms with E-state index in [4.69, 9.17) is 14.2 Å². The van der Waals surface area contributed by atoms with E-state index in [1.807, 2.05) is 13.8 Å². The maximum atomic E-state index is 15.8.